The maximum absolute atomic E-state index is 14.8. The lowest BCUT2D eigenvalue weighted by Crippen LogP contribution is -2.24. The lowest BCUT2D eigenvalue weighted by molar-refractivity contribution is 0.500. The minimum Gasteiger partial charge on any atom is -0.356 e. The molecule has 1 aliphatic carbocycles. The maximum atomic E-state index is 14.8. The fraction of sp³-hybridized carbons (Fsp3) is 0.435. The third kappa shape index (κ3) is 3.47. The Balaban J connectivity index is 1.66. The molecule has 0 N–H and O–H groups in total. The van der Waals surface area contributed by atoms with Gasteiger partial charge in [0.15, 0.2) is 0 Å². The van der Waals surface area contributed by atoms with Crippen molar-refractivity contribution >= 4 is 28.3 Å². The number of hydrogen-bond donors (Lipinski definition) is 0. The topological polar surface area (TPSA) is 51.0 Å². The molecule has 2 fully saturated rings. The molecule has 1 aromatic carbocycles. The molecule has 0 radical (unpaired) electrons. The van der Waals surface area contributed by atoms with Crippen molar-refractivity contribution in [3.8, 4) is 11.3 Å². The predicted molar refractivity (Wildman–Crippen MR) is 118 cm³/mol. The number of hydrogen-bond acceptors (Lipinski definition) is 4. The number of anilines is 1. The Morgan fingerprint density at radius 3 is 2.70 bits per heavy atom. The average Bonchev–Trinajstić information content (AvgIpc) is 3.40. The van der Waals surface area contributed by atoms with Crippen molar-refractivity contribution in [1.29, 1.82) is 0 Å². The molecule has 5 nitrogen and oxygen atoms in total. The summed E-state index contributed by atoms with van der Waals surface area (Å²) in [6.45, 7) is 3.66. The van der Waals surface area contributed by atoms with Crippen molar-refractivity contribution in [2.75, 3.05) is 18.0 Å². The van der Waals surface area contributed by atoms with Gasteiger partial charge in [0.25, 0.3) is 5.56 Å². The van der Waals surface area contributed by atoms with Crippen LogP contribution in [0.15, 0.2) is 29.1 Å². The minimum atomic E-state index is -0.496. The molecule has 2 aliphatic rings. The Kier molecular flexibility index (Phi) is 4.77. The maximum Gasteiger partial charge on any atom is 0.263 e. The van der Waals surface area contributed by atoms with Crippen LogP contribution in [-0.4, -0.2) is 27.6 Å². The molecule has 1 aliphatic heterocycles. The zero-order chi connectivity index (χ0) is 21.0. The number of aromatic nitrogens is 3. The van der Waals surface area contributed by atoms with E-state index in [1.165, 1.54) is 29.9 Å². The fourth-order valence-electron chi connectivity index (χ4n) is 4.48. The van der Waals surface area contributed by atoms with E-state index in [0.29, 0.717) is 33.4 Å². The van der Waals surface area contributed by atoms with Crippen LogP contribution in [0.4, 0.5) is 10.2 Å². The first-order valence-corrected chi connectivity index (χ1v) is 10.9. The summed E-state index contributed by atoms with van der Waals surface area (Å²) in [5, 5.41) is 0.642. The largest absolute Gasteiger partial charge is 0.356 e. The Bertz CT molecular complexity index is 1200. The molecule has 0 spiro atoms. The molecule has 0 amide bonds. The lowest BCUT2D eigenvalue weighted by atomic mass is 10.0. The molecular formula is C23H24ClFN4O. The van der Waals surface area contributed by atoms with E-state index >= 15 is 0 Å². The van der Waals surface area contributed by atoms with Crippen LogP contribution in [0.25, 0.3) is 22.2 Å². The van der Waals surface area contributed by atoms with Crippen LogP contribution in [0.5, 0.6) is 0 Å². The van der Waals surface area contributed by atoms with Crippen LogP contribution in [0.3, 0.4) is 0 Å². The standard InChI is InChI=1S/C23H24ClFN4O/c1-13-26-19-11-20(29-8-7-15(12-29)9-14-3-4-14)27-22(21(19)23(30)28(13)2)17-6-5-16(24)10-18(17)25/h5-6,10-11,14-15H,3-4,7-9,12H2,1-2H3. The second kappa shape index (κ2) is 7.34. The minimum absolute atomic E-state index is 0.228. The summed E-state index contributed by atoms with van der Waals surface area (Å²) in [5.74, 6) is 2.43. The van der Waals surface area contributed by atoms with E-state index in [9.17, 15) is 9.18 Å². The van der Waals surface area contributed by atoms with Gasteiger partial charge in [0.2, 0.25) is 0 Å². The molecule has 1 atom stereocenters. The second-order valence-electron chi connectivity index (χ2n) is 8.65. The summed E-state index contributed by atoms with van der Waals surface area (Å²) < 4.78 is 16.3. The van der Waals surface area contributed by atoms with Crippen molar-refractivity contribution in [2.24, 2.45) is 18.9 Å². The zero-order valence-electron chi connectivity index (χ0n) is 17.2. The van der Waals surface area contributed by atoms with Gasteiger partial charge in [-0.05, 0) is 49.8 Å². The smallest absolute Gasteiger partial charge is 0.263 e. The summed E-state index contributed by atoms with van der Waals surface area (Å²) in [7, 11) is 1.67. The Morgan fingerprint density at radius 2 is 1.97 bits per heavy atom. The van der Waals surface area contributed by atoms with E-state index in [1.807, 2.05) is 6.07 Å². The second-order valence-corrected chi connectivity index (χ2v) is 9.09. The first-order valence-electron chi connectivity index (χ1n) is 10.5. The Hall–Kier alpha value is -2.47. The predicted octanol–water partition coefficient (Wildman–Crippen LogP) is 4.72. The molecule has 3 heterocycles. The summed E-state index contributed by atoms with van der Waals surface area (Å²) >= 11 is 5.95. The number of benzene rings is 1. The molecular weight excluding hydrogens is 403 g/mol. The van der Waals surface area contributed by atoms with Crippen molar-refractivity contribution in [2.45, 2.75) is 32.6 Å². The fourth-order valence-corrected chi connectivity index (χ4v) is 4.64. The molecule has 5 rings (SSSR count). The van der Waals surface area contributed by atoms with Crippen molar-refractivity contribution in [3.05, 3.63) is 51.3 Å². The molecule has 1 unspecified atom stereocenters. The van der Waals surface area contributed by atoms with E-state index in [4.69, 9.17) is 16.6 Å². The summed E-state index contributed by atoms with van der Waals surface area (Å²) in [6, 6.07) is 6.33. The summed E-state index contributed by atoms with van der Waals surface area (Å²) in [4.78, 5) is 24.7. The van der Waals surface area contributed by atoms with Gasteiger partial charge in [0, 0.05) is 36.8 Å². The molecule has 1 saturated carbocycles. The number of aryl methyl sites for hydroxylation is 1. The Morgan fingerprint density at radius 1 is 1.17 bits per heavy atom. The quantitative estimate of drug-likeness (QED) is 0.605. The van der Waals surface area contributed by atoms with Crippen LogP contribution >= 0.6 is 11.6 Å². The number of nitrogens with zero attached hydrogens (tertiary/aromatic N) is 4. The molecule has 30 heavy (non-hydrogen) atoms. The van der Waals surface area contributed by atoms with Crippen LogP contribution in [0.2, 0.25) is 5.02 Å². The van der Waals surface area contributed by atoms with Crippen LogP contribution in [-0.2, 0) is 7.05 Å². The van der Waals surface area contributed by atoms with Crippen molar-refractivity contribution in [3.63, 3.8) is 0 Å². The highest BCUT2D eigenvalue weighted by atomic mass is 35.5. The van der Waals surface area contributed by atoms with Crippen molar-refractivity contribution < 1.29 is 4.39 Å². The van der Waals surface area contributed by atoms with E-state index in [1.54, 1.807) is 26.1 Å². The first-order chi connectivity index (χ1) is 14.4. The first kappa shape index (κ1) is 19.5. The highest BCUT2D eigenvalue weighted by Crippen LogP contribution is 2.39. The Labute approximate surface area is 179 Å². The monoisotopic (exact) mass is 426 g/mol. The SMILES string of the molecule is Cc1nc2cc(N3CCC(CC4CC4)C3)nc(-c3ccc(Cl)cc3F)c2c(=O)n1C. The number of rotatable bonds is 4. The van der Waals surface area contributed by atoms with Crippen molar-refractivity contribution in [1.82, 2.24) is 14.5 Å². The van der Waals surface area contributed by atoms with Gasteiger partial charge in [-0.1, -0.05) is 24.4 Å². The third-order valence-electron chi connectivity index (χ3n) is 6.43. The third-order valence-corrected chi connectivity index (χ3v) is 6.67. The summed E-state index contributed by atoms with van der Waals surface area (Å²) in [5.41, 5.74) is 0.919. The van der Waals surface area contributed by atoms with Gasteiger partial charge >= 0.3 is 0 Å². The molecule has 0 bridgehead atoms. The average molecular weight is 427 g/mol. The number of halogens is 2. The number of pyridine rings is 1. The molecule has 156 valence electrons. The van der Waals surface area contributed by atoms with E-state index in [0.717, 1.165) is 31.2 Å². The van der Waals surface area contributed by atoms with E-state index < -0.39 is 5.82 Å². The van der Waals surface area contributed by atoms with Gasteiger partial charge in [0.05, 0.1) is 16.6 Å². The highest BCUT2D eigenvalue weighted by molar-refractivity contribution is 6.30. The van der Waals surface area contributed by atoms with Gasteiger partial charge < -0.3 is 4.90 Å². The molecule has 2 aromatic heterocycles. The van der Waals surface area contributed by atoms with Gasteiger partial charge in [-0.25, -0.2) is 14.4 Å². The van der Waals surface area contributed by atoms with Gasteiger partial charge in [0.1, 0.15) is 17.5 Å². The number of fused-ring (bicyclic) bond motifs is 1. The van der Waals surface area contributed by atoms with Gasteiger partial charge in [-0.2, -0.15) is 0 Å². The van der Waals surface area contributed by atoms with E-state index in [2.05, 4.69) is 9.88 Å². The highest BCUT2D eigenvalue weighted by Gasteiger charge is 2.31. The zero-order valence-corrected chi connectivity index (χ0v) is 17.9. The van der Waals surface area contributed by atoms with E-state index in [-0.39, 0.29) is 11.1 Å². The normalized spacial score (nSPS) is 19.1. The van der Waals surface area contributed by atoms with Gasteiger partial charge in [-0.3, -0.25) is 9.36 Å². The van der Waals surface area contributed by atoms with Crippen LogP contribution < -0.4 is 10.5 Å². The van der Waals surface area contributed by atoms with Gasteiger partial charge in [-0.15, -0.1) is 0 Å². The molecule has 1 saturated heterocycles. The molecule has 7 heteroatoms. The molecule has 3 aromatic rings. The summed E-state index contributed by atoms with van der Waals surface area (Å²) in [6.07, 6.45) is 5.14. The van der Waals surface area contributed by atoms with Crippen LogP contribution in [0, 0.1) is 24.6 Å². The van der Waals surface area contributed by atoms with Crippen LogP contribution in [0.1, 0.15) is 31.5 Å². The lowest BCUT2D eigenvalue weighted by Gasteiger charge is -2.20.